The zero-order chi connectivity index (χ0) is 10.7. The minimum absolute atomic E-state index is 0.789. The molecule has 0 aromatic carbocycles. The molecule has 0 bridgehead atoms. The van der Waals surface area contributed by atoms with Gasteiger partial charge in [-0.3, -0.25) is 0 Å². The first kappa shape index (κ1) is 11.3. The van der Waals surface area contributed by atoms with Crippen molar-refractivity contribution in [2.45, 2.75) is 13.0 Å². The van der Waals surface area contributed by atoms with E-state index in [4.69, 9.17) is 0 Å². The molecule has 15 heavy (non-hydrogen) atoms. The summed E-state index contributed by atoms with van der Waals surface area (Å²) in [5.41, 5.74) is 2.28. The third-order valence-electron chi connectivity index (χ3n) is 1.90. The van der Waals surface area contributed by atoms with Crippen LogP contribution in [0.3, 0.4) is 0 Å². The number of rotatable bonds is 4. The van der Waals surface area contributed by atoms with Gasteiger partial charge in [0, 0.05) is 17.9 Å². The molecule has 3 nitrogen and oxygen atoms in total. The number of hydrogen-bond donors (Lipinski definition) is 0. The van der Waals surface area contributed by atoms with Crippen molar-refractivity contribution in [2.75, 3.05) is 5.33 Å². The first-order chi connectivity index (χ1) is 7.28. The van der Waals surface area contributed by atoms with Crippen LogP contribution in [0.25, 0.3) is 0 Å². The van der Waals surface area contributed by atoms with Crippen molar-refractivity contribution in [1.82, 2.24) is 15.0 Å². The summed E-state index contributed by atoms with van der Waals surface area (Å²) in [4.78, 5) is 0. The number of thiophene rings is 1. The van der Waals surface area contributed by atoms with Gasteiger partial charge in [0.25, 0.3) is 0 Å². The van der Waals surface area contributed by atoms with Crippen molar-refractivity contribution in [3.63, 3.8) is 0 Å². The van der Waals surface area contributed by atoms with E-state index in [1.165, 1.54) is 5.56 Å². The lowest BCUT2D eigenvalue weighted by Crippen LogP contribution is -1.98. The van der Waals surface area contributed by atoms with E-state index >= 15 is 0 Å². The van der Waals surface area contributed by atoms with Crippen molar-refractivity contribution < 1.29 is 0 Å². The van der Waals surface area contributed by atoms with Gasteiger partial charge >= 0.3 is 0 Å². The molecule has 0 radical (unpaired) electrons. The quantitative estimate of drug-likeness (QED) is 0.793. The third-order valence-corrected chi connectivity index (χ3v) is 3.85. The van der Waals surface area contributed by atoms with Gasteiger partial charge in [0.2, 0.25) is 0 Å². The normalized spacial score (nSPS) is 10.8. The Labute approximate surface area is 109 Å². The van der Waals surface area contributed by atoms with Crippen LogP contribution in [0.15, 0.2) is 21.4 Å². The molecule has 2 heterocycles. The average molecular weight is 351 g/mol. The van der Waals surface area contributed by atoms with Crippen LogP contribution in [0.5, 0.6) is 0 Å². The fourth-order valence-corrected chi connectivity index (χ4v) is 2.85. The standard InChI is InChI=1S/C9H9Br2N3S/c10-2-1-8-5-14(13-12-8)4-7-3-9(11)15-6-7/h3,5-6H,1-2,4H2. The first-order valence-corrected chi connectivity index (χ1v) is 7.25. The van der Waals surface area contributed by atoms with Gasteiger partial charge < -0.3 is 0 Å². The summed E-state index contributed by atoms with van der Waals surface area (Å²) in [6.07, 6.45) is 2.92. The van der Waals surface area contributed by atoms with Crippen molar-refractivity contribution in [3.05, 3.63) is 32.7 Å². The van der Waals surface area contributed by atoms with E-state index in [0.717, 1.165) is 27.8 Å². The van der Waals surface area contributed by atoms with Crippen LogP contribution >= 0.6 is 43.2 Å². The molecule has 0 N–H and O–H groups in total. The van der Waals surface area contributed by atoms with Gasteiger partial charge in [-0.05, 0) is 32.9 Å². The van der Waals surface area contributed by atoms with Crippen LogP contribution in [-0.2, 0) is 13.0 Å². The van der Waals surface area contributed by atoms with Crippen LogP contribution in [0.1, 0.15) is 11.3 Å². The Morgan fingerprint density at radius 3 is 3.00 bits per heavy atom. The summed E-state index contributed by atoms with van der Waals surface area (Å²) in [5.74, 6) is 0. The van der Waals surface area contributed by atoms with E-state index in [1.807, 2.05) is 10.9 Å². The lowest BCUT2D eigenvalue weighted by molar-refractivity contribution is 0.650. The Kier molecular flexibility index (Phi) is 3.93. The van der Waals surface area contributed by atoms with Gasteiger partial charge in [0.15, 0.2) is 0 Å². The minimum Gasteiger partial charge on any atom is -0.248 e. The molecule has 2 aromatic rings. The summed E-state index contributed by atoms with van der Waals surface area (Å²) in [7, 11) is 0. The Hall–Kier alpha value is -0.200. The van der Waals surface area contributed by atoms with Gasteiger partial charge in [-0.25, -0.2) is 4.68 Å². The average Bonchev–Trinajstić information content (AvgIpc) is 2.78. The predicted octanol–water partition coefficient (Wildman–Crippen LogP) is 3.09. The molecular weight excluding hydrogens is 342 g/mol. The molecule has 0 atom stereocenters. The highest BCUT2D eigenvalue weighted by Crippen LogP contribution is 2.21. The molecule has 0 fully saturated rings. The minimum atomic E-state index is 0.789. The fourth-order valence-electron chi connectivity index (χ4n) is 1.24. The molecule has 2 rings (SSSR count). The summed E-state index contributed by atoms with van der Waals surface area (Å²) in [6, 6.07) is 2.11. The maximum atomic E-state index is 4.08. The number of halogens is 2. The smallest absolute Gasteiger partial charge is 0.0835 e. The van der Waals surface area contributed by atoms with E-state index in [0.29, 0.717) is 0 Å². The highest BCUT2D eigenvalue weighted by molar-refractivity contribution is 9.11. The molecule has 2 aromatic heterocycles. The number of aryl methyl sites for hydroxylation is 1. The summed E-state index contributed by atoms with van der Waals surface area (Å²) >= 11 is 8.51. The van der Waals surface area contributed by atoms with Crippen molar-refractivity contribution >= 4 is 43.2 Å². The SMILES string of the molecule is BrCCc1cn(Cc2csc(Br)c2)nn1. The number of aromatic nitrogens is 3. The second-order valence-corrected chi connectivity index (χ2v) is 6.19. The van der Waals surface area contributed by atoms with E-state index in [2.05, 4.69) is 53.6 Å². The summed E-state index contributed by atoms with van der Waals surface area (Å²) < 4.78 is 3.02. The lowest BCUT2D eigenvalue weighted by Gasteiger charge is -1.95. The van der Waals surface area contributed by atoms with Gasteiger partial charge in [-0.1, -0.05) is 21.1 Å². The molecule has 0 amide bonds. The zero-order valence-electron chi connectivity index (χ0n) is 7.86. The molecular formula is C9H9Br2N3S. The predicted molar refractivity (Wildman–Crippen MR) is 68.6 cm³/mol. The molecule has 0 unspecified atom stereocenters. The molecule has 0 saturated heterocycles. The number of nitrogens with zero attached hydrogens (tertiary/aromatic N) is 3. The monoisotopic (exact) mass is 349 g/mol. The first-order valence-electron chi connectivity index (χ1n) is 4.46. The highest BCUT2D eigenvalue weighted by atomic mass is 79.9. The highest BCUT2D eigenvalue weighted by Gasteiger charge is 2.02. The fraction of sp³-hybridized carbons (Fsp3) is 0.333. The largest absolute Gasteiger partial charge is 0.248 e. The van der Waals surface area contributed by atoms with Gasteiger partial charge in [0.05, 0.1) is 16.0 Å². The second-order valence-electron chi connectivity index (χ2n) is 3.11. The van der Waals surface area contributed by atoms with E-state index < -0.39 is 0 Å². The summed E-state index contributed by atoms with van der Waals surface area (Å²) in [6.45, 7) is 0.789. The van der Waals surface area contributed by atoms with Crippen LogP contribution in [-0.4, -0.2) is 20.3 Å². The second kappa shape index (κ2) is 5.23. The maximum absolute atomic E-state index is 4.08. The van der Waals surface area contributed by atoms with Gasteiger partial charge in [-0.2, -0.15) is 0 Å². The van der Waals surface area contributed by atoms with E-state index in [-0.39, 0.29) is 0 Å². The third kappa shape index (κ3) is 3.12. The molecule has 0 aliphatic rings. The Morgan fingerprint density at radius 2 is 2.33 bits per heavy atom. The van der Waals surface area contributed by atoms with E-state index in [9.17, 15) is 0 Å². The maximum Gasteiger partial charge on any atom is 0.0835 e. The van der Waals surface area contributed by atoms with Crippen LogP contribution in [0, 0.1) is 0 Å². The molecule has 6 heteroatoms. The van der Waals surface area contributed by atoms with Gasteiger partial charge in [-0.15, -0.1) is 16.4 Å². The summed E-state index contributed by atoms with van der Waals surface area (Å²) in [5, 5.41) is 11.2. The van der Waals surface area contributed by atoms with Crippen molar-refractivity contribution in [2.24, 2.45) is 0 Å². The molecule has 0 saturated carbocycles. The van der Waals surface area contributed by atoms with E-state index in [1.54, 1.807) is 11.3 Å². The molecule has 80 valence electrons. The topological polar surface area (TPSA) is 30.7 Å². The molecule has 0 spiro atoms. The Balaban J connectivity index is 2.04. The number of alkyl halides is 1. The zero-order valence-corrected chi connectivity index (χ0v) is 11.8. The van der Waals surface area contributed by atoms with Crippen molar-refractivity contribution in [3.8, 4) is 0 Å². The van der Waals surface area contributed by atoms with Crippen LogP contribution in [0.2, 0.25) is 0 Å². The Morgan fingerprint density at radius 1 is 1.47 bits per heavy atom. The van der Waals surface area contributed by atoms with Crippen LogP contribution < -0.4 is 0 Å². The van der Waals surface area contributed by atoms with Crippen molar-refractivity contribution in [1.29, 1.82) is 0 Å². The van der Waals surface area contributed by atoms with Gasteiger partial charge in [0.1, 0.15) is 0 Å². The number of hydrogen-bond acceptors (Lipinski definition) is 3. The Bertz CT molecular complexity index is 438. The lowest BCUT2D eigenvalue weighted by atomic mass is 10.3. The van der Waals surface area contributed by atoms with Crippen LogP contribution in [0.4, 0.5) is 0 Å². The molecule has 0 aliphatic heterocycles. The molecule has 0 aliphatic carbocycles.